The third-order valence-electron chi connectivity index (χ3n) is 3.47. The lowest BCUT2D eigenvalue weighted by Crippen LogP contribution is -2.20. The van der Waals surface area contributed by atoms with Crippen LogP contribution in [0.3, 0.4) is 0 Å². The fourth-order valence-electron chi connectivity index (χ4n) is 2.30. The number of carboxylic acid groups (broad SMARTS) is 1. The summed E-state index contributed by atoms with van der Waals surface area (Å²) in [5, 5.41) is 11.8. The van der Waals surface area contributed by atoms with Crippen LogP contribution in [0, 0.1) is 0 Å². The van der Waals surface area contributed by atoms with Gasteiger partial charge in [0.05, 0.1) is 24.0 Å². The molecule has 1 amide bonds. The summed E-state index contributed by atoms with van der Waals surface area (Å²) in [6, 6.07) is 14.2. The Morgan fingerprint density at radius 3 is 2.50 bits per heavy atom. The Morgan fingerprint density at radius 2 is 1.85 bits per heavy atom. The summed E-state index contributed by atoms with van der Waals surface area (Å²) in [7, 11) is 0. The number of ether oxygens (including phenoxy) is 2. The zero-order valence-corrected chi connectivity index (χ0v) is 14.9. The Bertz CT molecular complexity index is 743. The third-order valence-corrected chi connectivity index (χ3v) is 3.47. The predicted octanol–water partition coefficient (Wildman–Crippen LogP) is 3.37. The quantitative estimate of drug-likeness (QED) is 0.672. The molecule has 6 heteroatoms. The van der Waals surface area contributed by atoms with E-state index in [1.165, 1.54) is 18.2 Å². The predicted molar refractivity (Wildman–Crippen MR) is 98.8 cm³/mol. The van der Waals surface area contributed by atoms with Gasteiger partial charge < -0.3 is 19.9 Å². The third kappa shape index (κ3) is 6.22. The first-order valence-corrected chi connectivity index (χ1v) is 8.41. The lowest BCUT2D eigenvalue weighted by atomic mass is 10.2. The van der Waals surface area contributed by atoms with E-state index in [1.807, 2.05) is 44.2 Å². The summed E-state index contributed by atoms with van der Waals surface area (Å²) in [6.45, 7) is 4.00. The summed E-state index contributed by atoms with van der Waals surface area (Å²) < 4.78 is 11.0. The minimum absolute atomic E-state index is 0.0707. The van der Waals surface area contributed by atoms with E-state index in [0.29, 0.717) is 24.5 Å². The van der Waals surface area contributed by atoms with Gasteiger partial charge in [0.1, 0.15) is 12.4 Å². The van der Waals surface area contributed by atoms with Crippen molar-refractivity contribution in [1.82, 2.24) is 0 Å². The van der Waals surface area contributed by atoms with Crippen molar-refractivity contribution in [3.63, 3.8) is 0 Å². The van der Waals surface area contributed by atoms with Crippen molar-refractivity contribution in [2.75, 3.05) is 18.5 Å². The molecule has 0 heterocycles. The van der Waals surface area contributed by atoms with Crippen LogP contribution in [0.4, 0.5) is 5.69 Å². The average molecular weight is 357 g/mol. The summed E-state index contributed by atoms with van der Waals surface area (Å²) >= 11 is 0. The molecular weight excluding hydrogens is 334 g/mol. The Labute approximate surface area is 152 Å². The number of carboxylic acids is 1. The molecule has 6 nitrogen and oxygen atoms in total. The van der Waals surface area contributed by atoms with Crippen LogP contribution in [-0.4, -0.2) is 36.3 Å². The van der Waals surface area contributed by atoms with Gasteiger partial charge in [-0.15, -0.1) is 0 Å². The second kappa shape index (κ2) is 9.58. The lowest BCUT2D eigenvalue weighted by Gasteiger charge is -2.15. The first kappa shape index (κ1) is 19.5. The largest absolute Gasteiger partial charge is 0.489 e. The molecule has 0 fully saturated rings. The van der Waals surface area contributed by atoms with Gasteiger partial charge >= 0.3 is 5.97 Å². The molecule has 0 aliphatic heterocycles. The zero-order chi connectivity index (χ0) is 18.9. The molecule has 0 saturated heterocycles. The molecule has 2 N–H and O–H groups in total. The lowest BCUT2D eigenvalue weighted by molar-refractivity contribution is -0.120. The number of nitrogens with one attached hydrogen (secondary N) is 1. The summed E-state index contributed by atoms with van der Waals surface area (Å²) in [4.78, 5) is 23.2. The number of anilines is 1. The van der Waals surface area contributed by atoms with E-state index in [1.54, 1.807) is 0 Å². The fourth-order valence-corrected chi connectivity index (χ4v) is 2.30. The number of carbonyl (C=O) groups is 2. The molecule has 2 rings (SSSR count). The van der Waals surface area contributed by atoms with E-state index < -0.39 is 5.97 Å². The first-order valence-electron chi connectivity index (χ1n) is 8.41. The Balaban J connectivity index is 1.91. The van der Waals surface area contributed by atoms with Crippen molar-refractivity contribution in [3.05, 3.63) is 59.7 Å². The molecule has 0 saturated carbocycles. The number of hydrogen-bond acceptors (Lipinski definition) is 4. The van der Waals surface area contributed by atoms with Gasteiger partial charge in [0, 0.05) is 0 Å². The molecule has 2 aromatic rings. The summed E-state index contributed by atoms with van der Waals surface area (Å²) in [5.74, 6) is -1.02. The average Bonchev–Trinajstić information content (AvgIpc) is 2.60. The van der Waals surface area contributed by atoms with Gasteiger partial charge in [-0.3, -0.25) is 4.79 Å². The second-order valence-corrected chi connectivity index (χ2v) is 6.02. The summed E-state index contributed by atoms with van der Waals surface area (Å²) in [6.07, 6.45) is 0.605. The molecular formula is C20H23NO5. The highest BCUT2D eigenvalue weighted by Gasteiger charge is 2.13. The highest BCUT2D eigenvalue weighted by atomic mass is 16.5. The molecule has 0 radical (unpaired) electrons. The highest BCUT2D eigenvalue weighted by molar-refractivity contribution is 5.96. The van der Waals surface area contributed by atoms with Crippen molar-refractivity contribution >= 4 is 17.6 Å². The van der Waals surface area contributed by atoms with Crippen LogP contribution < -0.4 is 10.1 Å². The van der Waals surface area contributed by atoms with Crippen LogP contribution in [-0.2, 0) is 16.0 Å². The molecule has 0 aliphatic rings. The standard InChI is InChI=1S/C20H23NO5/c1-14(2)26-18-9-8-16(20(23)24)12-17(18)21-19(22)13-25-11-10-15-6-4-3-5-7-15/h3-9,12,14H,10-11,13H2,1-2H3,(H,21,22)(H,23,24). The maximum absolute atomic E-state index is 12.1. The van der Waals surface area contributed by atoms with E-state index in [9.17, 15) is 9.59 Å². The van der Waals surface area contributed by atoms with Crippen molar-refractivity contribution in [1.29, 1.82) is 0 Å². The smallest absolute Gasteiger partial charge is 0.335 e. The molecule has 0 atom stereocenters. The first-order chi connectivity index (χ1) is 12.5. The van der Waals surface area contributed by atoms with Crippen molar-refractivity contribution in [2.24, 2.45) is 0 Å². The molecule has 0 aromatic heterocycles. The minimum Gasteiger partial charge on any atom is -0.489 e. The molecule has 0 spiro atoms. The SMILES string of the molecule is CC(C)Oc1ccc(C(=O)O)cc1NC(=O)COCCc1ccccc1. The molecule has 0 aliphatic carbocycles. The van der Waals surface area contributed by atoms with E-state index >= 15 is 0 Å². The van der Waals surface area contributed by atoms with Gasteiger partial charge in [-0.2, -0.15) is 0 Å². The maximum atomic E-state index is 12.1. The monoisotopic (exact) mass is 357 g/mol. The molecule has 138 valence electrons. The molecule has 0 unspecified atom stereocenters. The van der Waals surface area contributed by atoms with Crippen LogP contribution >= 0.6 is 0 Å². The number of aromatic carboxylic acids is 1. The van der Waals surface area contributed by atoms with E-state index in [2.05, 4.69) is 5.32 Å². The Morgan fingerprint density at radius 1 is 1.12 bits per heavy atom. The summed E-state index contributed by atoms with van der Waals surface area (Å²) in [5.41, 5.74) is 1.52. The van der Waals surface area contributed by atoms with Gasteiger partial charge in [0.15, 0.2) is 0 Å². The van der Waals surface area contributed by atoms with Crippen LogP contribution in [0.2, 0.25) is 0 Å². The number of amides is 1. The topological polar surface area (TPSA) is 84.9 Å². The van der Waals surface area contributed by atoms with E-state index in [4.69, 9.17) is 14.6 Å². The van der Waals surface area contributed by atoms with Gasteiger partial charge in [0.25, 0.3) is 0 Å². The van der Waals surface area contributed by atoms with Crippen LogP contribution in [0.1, 0.15) is 29.8 Å². The van der Waals surface area contributed by atoms with E-state index in [-0.39, 0.29) is 24.2 Å². The Hall–Kier alpha value is -2.86. The van der Waals surface area contributed by atoms with Crippen molar-refractivity contribution < 1.29 is 24.2 Å². The van der Waals surface area contributed by atoms with E-state index in [0.717, 1.165) is 5.56 Å². The number of benzene rings is 2. The zero-order valence-electron chi connectivity index (χ0n) is 14.9. The van der Waals surface area contributed by atoms with Crippen molar-refractivity contribution in [2.45, 2.75) is 26.4 Å². The number of hydrogen-bond donors (Lipinski definition) is 2. The van der Waals surface area contributed by atoms with Gasteiger partial charge in [-0.1, -0.05) is 30.3 Å². The maximum Gasteiger partial charge on any atom is 0.335 e. The number of rotatable bonds is 9. The van der Waals surface area contributed by atoms with Crippen LogP contribution in [0.5, 0.6) is 5.75 Å². The molecule has 2 aromatic carbocycles. The Kier molecular flexibility index (Phi) is 7.17. The van der Waals surface area contributed by atoms with Gasteiger partial charge in [-0.05, 0) is 44.0 Å². The fraction of sp³-hybridized carbons (Fsp3) is 0.300. The minimum atomic E-state index is -1.07. The highest BCUT2D eigenvalue weighted by Crippen LogP contribution is 2.27. The second-order valence-electron chi connectivity index (χ2n) is 6.02. The van der Waals surface area contributed by atoms with Crippen LogP contribution in [0.25, 0.3) is 0 Å². The normalized spacial score (nSPS) is 10.6. The molecule has 26 heavy (non-hydrogen) atoms. The van der Waals surface area contributed by atoms with Gasteiger partial charge in [-0.25, -0.2) is 4.79 Å². The van der Waals surface area contributed by atoms with Crippen molar-refractivity contribution in [3.8, 4) is 5.75 Å². The molecule has 0 bridgehead atoms. The van der Waals surface area contributed by atoms with Gasteiger partial charge in [0.2, 0.25) is 5.91 Å². The van der Waals surface area contributed by atoms with Crippen LogP contribution in [0.15, 0.2) is 48.5 Å². The number of carbonyl (C=O) groups excluding carboxylic acids is 1.